The third-order valence-electron chi connectivity index (χ3n) is 3.66. The highest BCUT2D eigenvalue weighted by atomic mass is 35.5. The van der Waals surface area contributed by atoms with Crippen molar-refractivity contribution in [2.24, 2.45) is 0 Å². The first kappa shape index (κ1) is 16.9. The molecule has 0 radical (unpaired) electrons. The zero-order valence-electron chi connectivity index (χ0n) is 12.0. The lowest BCUT2D eigenvalue weighted by molar-refractivity contribution is -0.116. The third kappa shape index (κ3) is 3.85. The summed E-state index contributed by atoms with van der Waals surface area (Å²) in [4.78, 5) is 13.1. The molecule has 1 aromatic carbocycles. The van der Waals surface area contributed by atoms with Crippen molar-refractivity contribution in [2.75, 3.05) is 11.9 Å². The number of anilines is 1. The molecular weight excluding hydrogens is 323 g/mol. The highest BCUT2D eigenvalue weighted by molar-refractivity contribution is 7.09. The second kappa shape index (κ2) is 7.72. The van der Waals surface area contributed by atoms with E-state index in [0.29, 0.717) is 31.5 Å². The average Bonchev–Trinajstić information content (AvgIpc) is 3.02. The van der Waals surface area contributed by atoms with Crippen molar-refractivity contribution >= 4 is 35.3 Å². The van der Waals surface area contributed by atoms with Crippen molar-refractivity contribution in [1.29, 1.82) is 0 Å². The lowest BCUT2D eigenvalue weighted by Crippen LogP contribution is -2.25. The van der Waals surface area contributed by atoms with Gasteiger partial charge in [0.2, 0.25) is 5.91 Å². The van der Waals surface area contributed by atoms with Crippen LogP contribution in [0.2, 0.25) is 0 Å². The van der Waals surface area contributed by atoms with Crippen LogP contribution in [0.1, 0.15) is 22.4 Å². The molecule has 0 saturated heterocycles. The molecule has 6 heteroatoms. The number of hydrogen-bond donors (Lipinski definition) is 2. The van der Waals surface area contributed by atoms with Gasteiger partial charge < -0.3 is 10.6 Å². The summed E-state index contributed by atoms with van der Waals surface area (Å²) in [6.45, 7) is 1.47. The fourth-order valence-electron chi connectivity index (χ4n) is 2.53. The number of fused-ring (bicyclic) bond motifs is 1. The number of nitrogens with one attached hydrogen (secondary N) is 2. The molecule has 2 N–H and O–H groups in total. The number of thiophene rings is 1. The molecule has 118 valence electrons. The molecule has 2 aromatic rings. The molecule has 1 aliphatic heterocycles. The van der Waals surface area contributed by atoms with Gasteiger partial charge in [-0.2, -0.15) is 0 Å². The Hall–Kier alpha value is -1.43. The summed E-state index contributed by atoms with van der Waals surface area (Å²) in [5.41, 5.74) is 2.01. The Labute approximate surface area is 139 Å². The van der Waals surface area contributed by atoms with Gasteiger partial charge >= 0.3 is 0 Å². The Kier molecular flexibility index (Phi) is 5.94. The quantitative estimate of drug-likeness (QED) is 0.894. The predicted molar refractivity (Wildman–Crippen MR) is 90.3 cm³/mol. The summed E-state index contributed by atoms with van der Waals surface area (Å²) >= 11 is 1.63. The van der Waals surface area contributed by atoms with Crippen molar-refractivity contribution in [3.05, 3.63) is 51.5 Å². The van der Waals surface area contributed by atoms with E-state index in [4.69, 9.17) is 0 Å². The normalized spacial score (nSPS) is 13.1. The Balaban J connectivity index is 0.00000176. The van der Waals surface area contributed by atoms with Gasteiger partial charge in [-0.3, -0.25) is 4.79 Å². The maximum absolute atomic E-state index is 14.4. The average molecular weight is 341 g/mol. The standard InChI is InChI=1S/C16H17FN2OS.ClH/c17-16-13-7-8-18-10-11(13)3-5-14(16)19-15(20)6-4-12-2-1-9-21-12;/h1-3,5,9,18H,4,6-8,10H2,(H,19,20);1H. The van der Waals surface area contributed by atoms with E-state index in [1.807, 2.05) is 23.6 Å². The minimum Gasteiger partial charge on any atom is -0.324 e. The summed E-state index contributed by atoms with van der Waals surface area (Å²) in [6.07, 6.45) is 1.73. The Morgan fingerprint density at radius 1 is 1.36 bits per heavy atom. The van der Waals surface area contributed by atoms with Crippen molar-refractivity contribution in [3.8, 4) is 0 Å². The summed E-state index contributed by atoms with van der Waals surface area (Å²) < 4.78 is 14.4. The van der Waals surface area contributed by atoms with E-state index < -0.39 is 0 Å². The van der Waals surface area contributed by atoms with E-state index in [1.54, 1.807) is 17.4 Å². The Morgan fingerprint density at radius 2 is 2.23 bits per heavy atom. The maximum Gasteiger partial charge on any atom is 0.224 e. The summed E-state index contributed by atoms with van der Waals surface area (Å²) in [5, 5.41) is 7.90. The number of halogens is 2. The Bertz CT molecular complexity index is 646. The van der Waals surface area contributed by atoms with Crippen LogP contribution in [0, 0.1) is 5.82 Å². The van der Waals surface area contributed by atoms with Gasteiger partial charge in [-0.15, -0.1) is 23.7 Å². The maximum atomic E-state index is 14.4. The minimum atomic E-state index is -0.279. The molecule has 0 aliphatic carbocycles. The largest absolute Gasteiger partial charge is 0.324 e. The van der Waals surface area contributed by atoms with Gasteiger partial charge in [0.25, 0.3) is 0 Å². The molecule has 1 amide bonds. The molecule has 0 bridgehead atoms. The van der Waals surface area contributed by atoms with Gasteiger partial charge in [0, 0.05) is 17.8 Å². The summed E-state index contributed by atoms with van der Waals surface area (Å²) in [5.74, 6) is -0.422. The van der Waals surface area contributed by atoms with Gasteiger partial charge in [-0.1, -0.05) is 12.1 Å². The minimum absolute atomic E-state index is 0. The van der Waals surface area contributed by atoms with Crippen molar-refractivity contribution in [2.45, 2.75) is 25.8 Å². The fraction of sp³-hybridized carbons (Fsp3) is 0.312. The lowest BCUT2D eigenvalue weighted by atomic mass is 9.99. The van der Waals surface area contributed by atoms with Crippen molar-refractivity contribution in [1.82, 2.24) is 5.32 Å². The van der Waals surface area contributed by atoms with E-state index in [-0.39, 0.29) is 24.1 Å². The van der Waals surface area contributed by atoms with E-state index in [0.717, 1.165) is 17.7 Å². The van der Waals surface area contributed by atoms with Crippen LogP contribution in [0.25, 0.3) is 0 Å². The van der Waals surface area contributed by atoms with E-state index >= 15 is 0 Å². The molecule has 3 nitrogen and oxygen atoms in total. The fourth-order valence-corrected chi connectivity index (χ4v) is 3.24. The van der Waals surface area contributed by atoms with Gasteiger partial charge in [0.1, 0.15) is 5.82 Å². The van der Waals surface area contributed by atoms with Crippen LogP contribution in [0.3, 0.4) is 0 Å². The number of carbonyl (C=O) groups excluding carboxylic acids is 1. The summed E-state index contributed by atoms with van der Waals surface area (Å²) in [6, 6.07) is 7.52. The molecule has 0 saturated carbocycles. The second-order valence-corrected chi connectivity index (χ2v) is 6.15. The highest BCUT2D eigenvalue weighted by Crippen LogP contribution is 2.24. The van der Waals surface area contributed by atoms with Gasteiger partial charge in [-0.25, -0.2) is 4.39 Å². The van der Waals surface area contributed by atoms with Crippen molar-refractivity contribution < 1.29 is 9.18 Å². The molecule has 0 atom stereocenters. The molecule has 3 rings (SSSR count). The zero-order valence-corrected chi connectivity index (χ0v) is 13.7. The molecule has 22 heavy (non-hydrogen) atoms. The number of carbonyl (C=O) groups is 1. The second-order valence-electron chi connectivity index (χ2n) is 5.12. The van der Waals surface area contributed by atoms with Gasteiger partial charge in [0.05, 0.1) is 5.69 Å². The van der Waals surface area contributed by atoms with Crippen LogP contribution >= 0.6 is 23.7 Å². The van der Waals surface area contributed by atoms with Gasteiger partial charge in [-0.05, 0) is 48.0 Å². The van der Waals surface area contributed by atoms with Crippen LogP contribution in [0.5, 0.6) is 0 Å². The molecule has 1 aromatic heterocycles. The lowest BCUT2D eigenvalue weighted by Gasteiger charge is -2.19. The molecule has 1 aliphatic rings. The number of amides is 1. The zero-order chi connectivity index (χ0) is 14.7. The SMILES string of the molecule is Cl.O=C(CCc1cccs1)Nc1ccc2c(c1F)CCNC2. The highest BCUT2D eigenvalue weighted by Gasteiger charge is 2.17. The van der Waals surface area contributed by atoms with Crippen LogP contribution in [0.15, 0.2) is 29.6 Å². The predicted octanol–water partition coefficient (Wildman–Crippen LogP) is 3.53. The topological polar surface area (TPSA) is 41.1 Å². The first-order valence-electron chi connectivity index (χ1n) is 7.07. The molecule has 2 heterocycles. The molecule has 0 spiro atoms. The van der Waals surface area contributed by atoms with E-state index in [1.165, 1.54) is 4.88 Å². The Morgan fingerprint density at radius 3 is 3.00 bits per heavy atom. The summed E-state index contributed by atoms with van der Waals surface area (Å²) in [7, 11) is 0. The van der Waals surface area contributed by atoms with Crippen molar-refractivity contribution in [3.63, 3.8) is 0 Å². The van der Waals surface area contributed by atoms with Crippen LogP contribution in [-0.2, 0) is 24.2 Å². The first-order valence-corrected chi connectivity index (χ1v) is 7.95. The molecular formula is C16H18ClFN2OS. The van der Waals surface area contributed by atoms with Gasteiger partial charge in [0.15, 0.2) is 0 Å². The van der Waals surface area contributed by atoms with E-state index in [2.05, 4.69) is 10.6 Å². The number of aryl methyl sites for hydroxylation is 1. The molecule has 0 fully saturated rings. The van der Waals surface area contributed by atoms with Crippen LogP contribution < -0.4 is 10.6 Å². The molecule has 0 unspecified atom stereocenters. The van der Waals surface area contributed by atoms with Crippen LogP contribution in [-0.4, -0.2) is 12.5 Å². The number of rotatable bonds is 4. The number of benzene rings is 1. The monoisotopic (exact) mass is 340 g/mol. The van der Waals surface area contributed by atoms with E-state index in [9.17, 15) is 9.18 Å². The van der Waals surface area contributed by atoms with Crippen LogP contribution in [0.4, 0.5) is 10.1 Å². The first-order chi connectivity index (χ1) is 10.2. The third-order valence-corrected chi connectivity index (χ3v) is 4.60. The smallest absolute Gasteiger partial charge is 0.224 e. The number of hydrogen-bond acceptors (Lipinski definition) is 3.